The highest BCUT2D eigenvalue weighted by atomic mass is 16.7. The number of hydrogen-bond donors (Lipinski definition) is 2. The van der Waals surface area contributed by atoms with Crippen molar-refractivity contribution in [2.24, 2.45) is 0 Å². The van der Waals surface area contributed by atoms with Crippen molar-refractivity contribution in [3.8, 4) is 0 Å². The molecular weight excluding hydrogens is 317 g/mol. The van der Waals surface area contributed by atoms with E-state index in [1.807, 2.05) is 64.1 Å². The number of nitrogens with one attached hydrogen (secondary N) is 2. The average molecular weight is 339 g/mol. The summed E-state index contributed by atoms with van der Waals surface area (Å²) in [7, 11) is -0.468. The van der Waals surface area contributed by atoms with Gasteiger partial charge in [0.2, 0.25) is 0 Å². The molecule has 7 heteroatoms. The minimum atomic E-state index is -0.468. The fourth-order valence-corrected chi connectivity index (χ4v) is 2.40. The first-order valence-electron chi connectivity index (χ1n) is 8.21. The van der Waals surface area contributed by atoms with Crippen LogP contribution in [0.15, 0.2) is 48.7 Å². The van der Waals surface area contributed by atoms with E-state index in [-0.39, 0.29) is 6.03 Å². The number of para-hydroxylation sites is 1. The molecule has 1 aromatic heterocycles. The largest absolute Gasteiger partial charge is 0.496 e. The first-order valence-corrected chi connectivity index (χ1v) is 8.21. The Morgan fingerprint density at radius 1 is 0.960 bits per heavy atom. The second kappa shape index (κ2) is 6.50. The Bertz CT molecular complexity index is 732. The Labute approximate surface area is 148 Å². The van der Waals surface area contributed by atoms with Gasteiger partial charge in [-0.3, -0.25) is 5.32 Å². The van der Waals surface area contributed by atoms with Gasteiger partial charge < -0.3 is 14.6 Å². The molecular formula is C18H22BN3O3. The number of benzene rings is 1. The molecule has 2 N–H and O–H groups in total. The van der Waals surface area contributed by atoms with Crippen LogP contribution in [0.25, 0.3) is 0 Å². The summed E-state index contributed by atoms with van der Waals surface area (Å²) in [6, 6.07) is 12.4. The van der Waals surface area contributed by atoms with Gasteiger partial charge in [0, 0.05) is 17.3 Å². The van der Waals surface area contributed by atoms with Crippen LogP contribution >= 0.6 is 0 Å². The normalized spacial score (nSPS) is 18.0. The van der Waals surface area contributed by atoms with Crippen molar-refractivity contribution in [2.45, 2.75) is 38.9 Å². The maximum absolute atomic E-state index is 12.0. The van der Waals surface area contributed by atoms with Crippen molar-refractivity contribution in [1.82, 2.24) is 4.98 Å². The second-order valence-electron chi connectivity index (χ2n) is 7.01. The summed E-state index contributed by atoms with van der Waals surface area (Å²) in [4.78, 5) is 16.3. The van der Waals surface area contributed by atoms with Crippen LogP contribution in [-0.2, 0) is 9.31 Å². The molecule has 25 heavy (non-hydrogen) atoms. The molecule has 130 valence electrons. The molecule has 1 aliphatic rings. The van der Waals surface area contributed by atoms with E-state index in [1.165, 1.54) is 0 Å². The standard InChI is InChI=1S/C18H22BN3O3/c1-17(2)18(3,4)25-19(24-17)13-10-11-15(20-12-13)22-16(23)21-14-8-6-5-7-9-14/h5-12H,1-4H3,(H2,20,21,22,23). The Morgan fingerprint density at radius 3 is 2.16 bits per heavy atom. The Kier molecular flexibility index (Phi) is 4.54. The molecule has 0 saturated carbocycles. The van der Waals surface area contributed by atoms with Crippen LogP contribution in [-0.4, -0.2) is 29.3 Å². The smallest absolute Gasteiger partial charge is 0.399 e. The predicted octanol–water partition coefficient (Wildman–Crippen LogP) is 3.02. The van der Waals surface area contributed by atoms with E-state index in [0.29, 0.717) is 11.5 Å². The van der Waals surface area contributed by atoms with Gasteiger partial charge in [-0.2, -0.15) is 0 Å². The number of pyridine rings is 1. The second-order valence-corrected chi connectivity index (χ2v) is 7.01. The lowest BCUT2D eigenvalue weighted by Crippen LogP contribution is -2.41. The summed E-state index contributed by atoms with van der Waals surface area (Å²) in [5, 5.41) is 5.44. The molecule has 0 bridgehead atoms. The van der Waals surface area contributed by atoms with Gasteiger partial charge in [-0.1, -0.05) is 24.3 Å². The number of hydrogen-bond acceptors (Lipinski definition) is 4. The first-order chi connectivity index (χ1) is 11.8. The van der Waals surface area contributed by atoms with E-state index in [2.05, 4.69) is 15.6 Å². The molecule has 0 spiro atoms. The highest BCUT2D eigenvalue weighted by Gasteiger charge is 2.51. The summed E-state index contributed by atoms with van der Waals surface area (Å²) >= 11 is 0. The molecule has 0 atom stereocenters. The maximum atomic E-state index is 12.0. The molecule has 1 fully saturated rings. The van der Waals surface area contributed by atoms with Crippen LogP contribution in [0.1, 0.15) is 27.7 Å². The minimum Gasteiger partial charge on any atom is -0.399 e. The Hall–Kier alpha value is -2.38. The average Bonchev–Trinajstić information content (AvgIpc) is 2.77. The topological polar surface area (TPSA) is 72.5 Å². The summed E-state index contributed by atoms with van der Waals surface area (Å²) < 4.78 is 12.0. The molecule has 1 saturated heterocycles. The Morgan fingerprint density at radius 2 is 1.60 bits per heavy atom. The van der Waals surface area contributed by atoms with Crippen LogP contribution < -0.4 is 16.1 Å². The summed E-state index contributed by atoms with van der Waals surface area (Å²) in [6.07, 6.45) is 1.65. The number of aromatic nitrogens is 1. The van der Waals surface area contributed by atoms with Gasteiger partial charge in [-0.05, 0) is 45.9 Å². The van der Waals surface area contributed by atoms with E-state index in [9.17, 15) is 4.79 Å². The zero-order valence-corrected chi connectivity index (χ0v) is 14.9. The Balaban J connectivity index is 1.62. The van der Waals surface area contributed by atoms with Gasteiger partial charge in [-0.25, -0.2) is 9.78 Å². The zero-order chi connectivity index (χ0) is 18.1. The number of carbonyl (C=O) groups is 1. The summed E-state index contributed by atoms with van der Waals surface area (Å²) in [5.74, 6) is 0.452. The summed E-state index contributed by atoms with van der Waals surface area (Å²) in [6.45, 7) is 8.02. The van der Waals surface area contributed by atoms with Crippen molar-refractivity contribution in [1.29, 1.82) is 0 Å². The van der Waals surface area contributed by atoms with Gasteiger partial charge in [0.15, 0.2) is 0 Å². The van der Waals surface area contributed by atoms with E-state index in [1.54, 1.807) is 12.3 Å². The fourth-order valence-electron chi connectivity index (χ4n) is 2.40. The quantitative estimate of drug-likeness (QED) is 0.843. The van der Waals surface area contributed by atoms with Gasteiger partial charge >= 0.3 is 13.1 Å². The van der Waals surface area contributed by atoms with Crippen molar-refractivity contribution in [2.75, 3.05) is 10.6 Å². The lowest BCUT2D eigenvalue weighted by atomic mass is 9.80. The van der Waals surface area contributed by atoms with Crippen LogP contribution in [0.3, 0.4) is 0 Å². The molecule has 1 aliphatic heterocycles. The van der Waals surface area contributed by atoms with Gasteiger partial charge in [-0.15, -0.1) is 0 Å². The molecule has 0 radical (unpaired) electrons. The van der Waals surface area contributed by atoms with Crippen molar-refractivity contribution >= 4 is 30.1 Å². The molecule has 3 rings (SSSR count). The van der Waals surface area contributed by atoms with Crippen LogP contribution in [0.4, 0.5) is 16.3 Å². The highest BCUT2D eigenvalue weighted by Crippen LogP contribution is 2.36. The summed E-state index contributed by atoms with van der Waals surface area (Å²) in [5.41, 5.74) is 0.732. The zero-order valence-electron chi connectivity index (χ0n) is 14.9. The molecule has 2 heterocycles. The molecule has 6 nitrogen and oxygen atoms in total. The highest BCUT2D eigenvalue weighted by molar-refractivity contribution is 6.62. The van der Waals surface area contributed by atoms with Crippen molar-refractivity contribution < 1.29 is 14.1 Å². The number of urea groups is 1. The fraction of sp³-hybridized carbons (Fsp3) is 0.333. The van der Waals surface area contributed by atoms with Gasteiger partial charge in [0.05, 0.1) is 11.2 Å². The van der Waals surface area contributed by atoms with Crippen LogP contribution in [0.2, 0.25) is 0 Å². The van der Waals surface area contributed by atoms with E-state index >= 15 is 0 Å². The van der Waals surface area contributed by atoms with Crippen molar-refractivity contribution in [3.05, 3.63) is 48.7 Å². The maximum Gasteiger partial charge on any atom is 0.496 e. The predicted molar refractivity (Wildman–Crippen MR) is 99.0 cm³/mol. The third kappa shape index (κ3) is 3.83. The molecule has 0 aliphatic carbocycles. The van der Waals surface area contributed by atoms with Gasteiger partial charge in [0.25, 0.3) is 0 Å². The number of carbonyl (C=O) groups excluding carboxylic acids is 1. The molecule has 2 amide bonds. The number of amides is 2. The number of anilines is 2. The SMILES string of the molecule is CC1(C)OB(c2ccc(NC(=O)Nc3ccccc3)nc2)OC1(C)C. The molecule has 1 aromatic carbocycles. The van der Waals surface area contributed by atoms with Gasteiger partial charge in [0.1, 0.15) is 5.82 Å². The monoisotopic (exact) mass is 339 g/mol. The van der Waals surface area contributed by atoms with E-state index in [4.69, 9.17) is 9.31 Å². The van der Waals surface area contributed by atoms with E-state index < -0.39 is 18.3 Å². The lowest BCUT2D eigenvalue weighted by Gasteiger charge is -2.32. The van der Waals surface area contributed by atoms with Crippen LogP contribution in [0, 0.1) is 0 Å². The van der Waals surface area contributed by atoms with Crippen LogP contribution in [0.5, 0.6) is 0 Å². The van der Waals surface area contributed by atoms with Crippen molar-refractivity contribution in [3.63, 3.8) is 0 Å². The molecule has 2 aromatic rings. The molecule has 0 unspecified atom stereocenters. The minimum absolute atomic E-state index is 0.345. The number of nitrogens with zero attached hydrogens (tertiary/aromatic N) is 1. The third-order valence-corrected chi connectivity index (χ3v) is 4.59. The van der Waals surface area contributed by atoms with E-state index in [0.717, 1.165) is 5.46 Å². The number of rotatable bonds is 3. The third-order valence-electron chi connectivity index (χ3n) is 4.59. The first kappa shape index (κ1) is 17.4. The lowest BCUT2D eigenvalue weighted by molar-refractivity contribution is 0.00578.